The van der Waals surface area contributed by atoms with Gasteiger partial charge in [-0.25, -0.2) is 9.97 Å². The van der Waals surface area contributed by atoms with Crippen molar-refractivity contribution in [1.82, 2.24) is 25.1 Å². The van der Waals surface area contributed by atoms with Crippen LogP contribution in [0.3, 0.4) is 0 Å². The zero-order chi connectivity index (χ0) is 21.0. The molecule has 0 aromatic carbocycles. The predicted octanol–water partition coefficient (Wildman–Crippen LogP) is 2.44. The van der Waals surface area contributed by atoms with Gasteiger partial charge in [0.2, 0.25) is 0 Å². The minimum Gasteiger partial charge on any atom is -0.383 e. The van der Waals surface area contributed by atoms with Crippen molar-refractivity contribution in [2.45, 2.75) is 38.1 Å². The Labute approximate surface area is 170 Å². The normalized spacial score (nSPS) is 18.4. The number of anilines is 3. The molecule has 150 valence electrons. The molecule has 0 spiro atoms. The van der Waals surface area contributed by atoms with Crippen molar-refractivity contribution >= 4 is 17.3 Å². The summed E-state index contributed by atoms with van der Waals surface area (Å²) in [6.45, 7) is 4.47. The summed E-state index contributed by atoms with van der Waals surface area (Å²) in [7, 11) is 4.22. The molecule has 0 unspecified atom stereocenters. The van der Waals surface area contributed by atoms with E-state index in [-0.39, 0.29) is 5.69 Å². The molecule has 9 nitrogen and oxygen atoms in total. The molecule has 1 aliphatic rings. The Balaban J connectivity index is 1.76. The molecule has 2 heterocycles. The minimum absolute atomic E-state index is 0.242. The van der Waals surface area contributed by atoms with Crippen molar-refractivity contribution in [3.8, 4) is 12.1 Å². The number of hydrogen-bond acceptors (Lipinski definition) is 9. The van der Waals surface area contributed by atoms with E-state index in [0.29, 0.717) is 29.3 Å². The second-order valence-electron chi connectivity index (χ2n) is 8.09. The Morgan fingerprint density at radius 3 is 2.48 bits per heavy atom. The van der Waals surface area contributed by atoms with E-state index in [1.54, 1.807) is 0 Å². The van der Waals surface area contributed by atoms with Crippen LogP contribution >= 0.6 is 0 Å². The summed E-state index contributed by atoms with van der Waals surface area (Å²) >= 11 is 0. The fourth-order valence-electron chi connectivity index (χ4n) is 3.23. The second-order valence-corrected chi connectivity index (χ2v) is 8.09. The van der Waals surface area contributed by atoms with E-state index in [1.165, 1.54) is 12.4 Å². The van der Waals surface area contributed by atoms with Crippen LogP contribution in [0.4, 0.5) is 17.3 Å². The van der Waals surface area contributed by atoms with Gasteiger partial charge in [-0.15, -0.1) is 10.2 Å². The summed E-state index contributed by atoms with van der Waals surface area (Å²) in [4.78, 5) is 10.4. The van der Waals surface area contributed by atoms with Crippen molar-refractivity contribution in [1.29, 1.82) is 10.5 Å². The van der Waals surface area contributed by atoms with E-state index >= 15 is 0 Å². The van der Waals surface area contributed by atoms with Crippen molar-refractivity contribution in [2.24, 2.45) is 5.92 Å². The molecule has 2 N–H and O–H groups in total. The third kappa shape index (κ3) is 4.76. The highest BCUT2D eigenvalue weighted by Gasteiger charge is 2.31. The molecule has 0 bridgehead atoms. The van der Waals surface area contributed by atoms with Crippen LogP contribution in [-0.2, 0) is 5.41 Å². The minimum atomic E-state index is -0.770. The lowest BCUT2D eigenvalue weighted by molar-refractivity contribution is 0.131. The molecule has 3 rings (SSSR count). The molecule has 1 aliphatic carbocycles. The Morgan fingerprint density at radius 1 is 1.14 bits per heavy atom. The first-order chi connectivity index (χ1) is 13.8. The monoisotopic (exact) mass is 391 g/mol. The molecule has 2 aromatic heterocycles. The van der Waals surface area contributed by atoms with Gasteiger partial charge >= 0.3 is 0 Å². The van der Waals surface area contributed by atoms with Crippen LogP contribution in [0.25, 0.3) is 0 Å². The Kier molecular flexibility index (Phi) is 5.90. The fraction of sp³-hybridized carbons (Fsp3) is 0.500. The maximum absolute atomic E-state index is 9.55. The molecule has 0 aliphatic heterocycles. The Hall–Kier alpha value is -3.30. The molecule has 0 atom stereocenters. The molecular formula is C20H25N9. The van der Waals surface area contributed by atoms with Crippen LogP contribution in [0.15, 0.2) is 18.5 Å². The van der Waals surface area contributed by atoms with Crippen molar-refractivity contribution < 1.29 is 0 Å². The molecule has 0 saturated heterocycles. The van der Waals surface area contributed by atoms with Gasteiger partial charge in [-0.2, -0.15) is 10.5 Å². The average Bonchev–Trinajstić information content (AvgIpc) is 2.67. The molecule has 0 radical (unpaired) electrons. The van der Waals surface area contributed by atoms with Gasteiger partial charge < -0.3 is 15.5 Å². The smallest absolute Gasteiger partial charge is 0.158 e. The van der Waals surface area contributed by atoms with Gasteiger partial charge in [0.05, 0.1) is 29.6 Å². The van der Waals surface area contributed by atoms with E-state index in [2.05, 4.69) is 55.9 Å². The van der Waals surface area contributed by atoms with E-state index < -0.39 is 5.41 Å². The standard InChI is InChI=1S/C20H25N9/c1-20(2,12-22)19-16(24-9-13-5-15(6-13)29(3)4)7-17(27-28-19)26-18-11-23-14(8-21)10-25-18/h7,10-11,13,15H,5-6,9H2,1-4H3,(H2,24,25,26,27). The second kappa shape index (κ2) is 8.38. The van der Waals surface area contributed by atoms with Crippen molar-refractivity contribution in [2.75, 3.05) is 31.3 Å². The summed E-state index contributed by atoms with van der Waals surface area (Å²) in [6.07, 6.45) is 5.17. The molecule has 1 saturated carbocycles. The zero-order valence-electron chi connectivity index (χ0n) is 17.1. The maximum Gasteiger partial charge on any atom is 0.158 e. The Bertz CT molecular complexity index is 932. The number of nitrogens with one attached hydrogen (secondary N) is 2. The van der Waals surface area contributed by atoms with Gasteiger partial charge in [0.25, 0.3) is 0 Å². The summed E-state index contributed by atoms with van der Waals surface area (Å²) in [5, 5.41) is 33.4. The summed E-state index contributed by atoms with van der Waals surface area (Å²) in [5.74, 6) is 1.54. The van der Waals surface area contributed by atoms with E-state index in [1.807, 2.05) is 26.0 Å². The van der Waals surface area contributed by atoms with Crippen molar-refractivity contribution in [3.63, 3.8) is 0 Å². The van der Waals surface area contributed by atoms with Crippen LogP contribution in [0, 0.1) is 28.6 Å². The molecule has 0 amide bonds. The third-order valence-corrected chi connectivity index (χ3v) is 5.21. The molecule has 1 fully saturated rings. The van der Waals surface area contributed by atoms with Crippen LogP contribution < -0.4 is 10.6 Å². The molecule has 2 aromatic rings. The van der Waals surface area contributed by atoms with Crippen LogP contribution in [0.5, 0.6) is 0 Å². The summed E-state index contributed by atoms with van der Waals surface area (Å²) in [6, 6.07) is 6.70. The summed E-state index contributed by atoms with van der Waals surface area (Å²) in [5.41, 5.74) is 0.865. The molecular weight excluding hydrogens is 366 g/mol. The number of hydrogen-bond donors (Lipinski definition) is 2. The molecule has 29 heavy (non-hydrogen) atoms. The lowest BCUT2D eigenvalue weighted by Gasteiger charge is -2.40. The van der Waals surface area contributed by atoms with E-state index in [9.17, 15) is 5.26 Å². The first kappa shape index (κ1) is 20.4. The fourth-order valence-corrected chi connectivity index (χ4v) is 3.23. The van der Waals surface area contributed by atoms with E-state index in [0.717, 1.165) is 25.1 Å². The summed E-state index contributed by atoms with van der Waals surface area (Å²) < 4.78 is 0. The topological polar surface area (TPSA) is 126 Å². The lowest BCUT2D eigenvalue weighted by Crippen LogP contribution is -2.42. The van der Waals surface area contributed by atoms with Gasteiger partial charge in [-0.3, -0.25) is 0 Å². The highest BCUT2D eigenvalue weighted by molar-refractivity contribution is 5.61. The number of nitriles is 2. The van der Waals surface area contributed by atoms with E-state index in [4.69, 9.17) is 5.26 Å². The Morgan fingerprint density at radius 2 is 1.90 bits per heavy atom. The molecule has 9 heteroatoms. The largest absolute Gasteiger partial charge is 0.383 e. The van der Waals surface area contributed by atoms with Gasteiger partial charge in [0, 0.05) is 18.7 Å². The van der Waals surface area contributed by atoms with Crippen LogP contribution in [0.1, 0.15) is 38.1 Å². The van der Waals surface area contributed by atoms with Crippen LogP contribution in [-0.4, -0.2) is 51.7 Å². The highest BCUT2D eigenvalue weighted by Crippen LogP contribution is 2.33. The van der Waals surface area contributed by atoms with Crippen molar-refractivity contribution in [3.05, 3.63) is 29.8 Å². The predicted molar refractivity (Wildman–Crippen MR) is 109 cm³/mol. The van der Waals surface area contributed by atoms with Gasteiger partial charge in [0.15, 0.2) is 11.5 Å². The number of rotatable bonds is 7. The average molecular weight is 391 g/mol. The first-order valence-corrected chi connectivity index (χ1v) is 9.51. The van der Waals surface area contributed by atoms with Crippen LogP contribution in [0.2, 0.25) is 0 Å². The highest BCUT2D eigenvalue weighted by atomic mass is 15.2. The van der Waals surface area contributed by atoms with Gasteiger partial charge in [-0.1, -0.05) is 0 Å². The van der Waals surface area contributed by atoms with Gasteiger partial charge in [-0.05, 0) is 46.7 Å². The van der Waals surface area contributed by atoms with Gasteiger partial charge in [0.1, 0.15) is 17.6 Å². The number of nitrogens with zero attached hydrogens (tertiary/aromatic N) is 7. The third-order valence-electron chi connectivity index (χ3n) is 5.21. The number of aromatic nitrogens is 4. The first-order valence-electron chi connectivity index (χ1n) is 9.51. The quantitative estimate of drug-likeness (QED) is 0.731. The zero-order valence-corrected chi connectivity index (χ0v) is 17.1. The SMILES string of the molecule is CN(C)C1CC(CNc2cc(Nc3cnc(C#N)cn3)nnc2C(C)(C)C#N)C1. The lowest BCUT2D eigenvalue weighted by atomic mass is 9.79. The maximum atomic E-state index is 9.55.